The van der Waals surface area contributed by atoms with Crippen molar-refractivity contribution in [2.24, 2.45) is 0 Å². The smallest absolute Gasteiger partial charge is 0.255 e. The summed E-state index contributed by atoms with van der Waals surface area (Å²) in [6, 6.07) is 11.3. The molecule has 3 N–H and O–H groups in total. The van der Waals surface area contributed by atoms with Crippen LogP contribution in [0.25, 0.3) is 0 Å². The zero-order valence-electron chi connectivity index (χ0n) is 17.9. The molecule has 1 unspecified atom stereocenters. The number of sulfonamides is 2. The molecule has 8 nitrogen and oxygen atoms in total. The summed E-state index contributed by atoms with van der Waals surface area (Å²) >= 11 is 0. The van der Waals surface area contributed by atoms with E-state index in [4.69, 9.17) is 0 Å². The minimum absolute atomic E-state index is 0.00816. The maximum atomic E-state index is 12.6. The molecule has 0 saturated carbocycles. The van der Waals surface area contributed by atoms with Gasteiger partial charge in [-0.15, -0.1) is 0 Å². The quantitative estimate of drug-likeness (QED) is 0.439. The van der Waals surface area contributed by atoms with E-state index in [2.05, 4.69) is 14.8 Å². The molecule has 0 aromatic heterocycles. The maximum Gasteiger partial charge on any atom is 0.255 e. The Kier molecular flexibility index (Phi) is 8.75. The zero-order chi connectivity index (χ0) is 23.1. The summed E-state index contributed by atoms with van der Waals surface area (Å²) in [6.45, 7) is 5.95. The number of nitrogens with one attached hydrogen (secondary N) is 3. The summed E-state index contributed by atoms with van der Waals surface area (Å²) in [6.07, 6.45) is 2.24. The van der Waals surface area contributed by atoms with Crippen molar-refractivity contribution < 1.29 is 21.6 Å². The van der Waals surface area contributed by atoms with Gasteiger partial charge < -0.3 is 5.32 Å². The number of carbonyl (C=O) groups is 1. The average Bonchev–Trinajstić information content (AvgIpc) is 2.74. The minimum Gasteiger partial charge on any atom is -0.322 e. The SMILES string of the molecule is CCCCNS(=O)(=O)c1cccc(C(=O)Nc2ccc(S(=O)(=O)NC(C)CC)cc2)c1. The van der Waals surface area contributed by atoms with Crippen molar-refractivity contribution in [2.45, 2.75) is 55.9 Å². The van der Waals surface area contributed by atoms with Gasteiger partial charge in [-0.2, -0.15) is 0 Å². The summed E-state index contributed by atoms with van der Waals surface area (Å²) < 4.78 is 54.4. The van der Waals surface area contributed by atoms with E-state index < -0.39 is 26.0 Å². The van der Waals surface area contributed by atoms with Gasteiger partial charge in [0.25, 0.3) is 5.91 Å². The fourth-order valence-electron chi connectivity index (χ4n) is 2.61. The molecule has 170 valence electrons. The van der Waals surface area contributed by atoms with Crippen molar-refractivity contribution in [3.63, 3.8) is 0 Å². The lowest BCUT2D eigenvalue weighted by atomic mass is 10.2. The number of amides is 1. The molecule has 2 aromatic rings. The topological polar surface area (TPSA) is 121 Å². The molecule has 10 heteroatoms. The first-order valence-corrected chi connectivity index (χ1v) is 13.1. The second kappa shape index (κ2) is 10.9. The molecule has 0 radical (unpaired) electrons. The Morgan fingerprint density at radius 3 is 2.23 bits per heavy atom. The van der Waals surface area contributed by atoms with Crippen LogP contribution in [0, 0.1) is 0 Å². The lowest BCUT2D eigenvalue weighted by Gasteiger charge is -2.13. The summed E-state index contributed by atoms with van der Waals surface area (Å²) in [5, 5.41) is 2.65. The molecule has 1 atom stereocenters. The first-order valence-electron chi connectivity index (χ1n) is 10.1. The second-order valence-corrected chi connectivity index (χ2v) is 10.7. The molecule has 31 heavy (non-hydrogen) atoms. The van der Waals surface area contributed by atoms with Crippen LogP contribution in [0.5, 0.6) is 0 Å². The van der Waals surface area contributed by atoms with Crippen LogP contribution < -0.4 is 14.8 Å². The van der Waals surface area contributed by atoms with E-state index in [0.29, 0.717) is 18.7 Å². The molecule has 0 heterocycles. The van der Waals surface area contributed by atoms with Crippen LogP contribution in [-0.4, -0.2) is 35.3 Å². The Morgan fingerprint density at radius 1 is 0.935 bits per heavy atom. The number of anilines is 1. The van der Waals surface area contributed by atoms with Crippen LogP contribution in [-0.2, 0) is 20.0 Å². The highest BCUT2D eigenvalue weighted by Crippen LogP contribution is 2.17. The molecule has 0 aliphatic rings. The normalized spacial score (nSPS) is 13.0. The monoisotopic (exact) mass is 467 g/mol. The molecule has 0 spiro atoms. The fourth-order valence-corrected chi connectivity index (χ4v) is 5.05. The zero-order valence-corrected chi connectivity index (χ0v) is 19.5. The van der Waals surface area contributed by atoms with E-state index in [9.17, 15) is 21.6 Å². The molecule has 0 bridgehead atoms. The van der Waals surface area contributed by atoms with Crippen LogP contribution in [0.2, 0.25) is 0 Å². The van der Waals surface area contributed by atoms with Crippen molar-refractivity contribution in [1.29, 1.82) is 0 Å². The number of carbonyl (C=O) groups excluding carboxylic acids is 1. The van der Waals surface area contributed by atoms with Gasteiger partial charge in [0, 0.05) is 23.8 Å². The van der Waals surface area contributed by atoms with Crippen molar-refractivity contribution >= 4 is 31.6 Å². The first-order chi connectivity index (χ1) is 14.6. The maximum absolute atomic E-state index is 12.6. The molecule has 0 fully saturated rings. The number of unbranched alkanes of at least 4 members (excludes halogenated alkanes) is 1. The van der Waals surface area contributed by atoms with Crippen LogP contribution in [0.3, 0.4) is 0 Å². The molecule has 0 saturated heterocycles. The van der Waals surface area contributed by atoms with Crippen molar-refractivity contribution in [3.8, 4) is 0 Å². The van der Waals surface area contributed by atoms with Gasteiger partial charge >= 0.3 is 0 Å². The minimum atomic E-state index is -3.70. The molecule has 0 aliphatic carbocycles. The van der Waals surface area contributed by atoms with Crippen LogP contribution >= 0.6 is 0 Å². The highest BCUT2D eigenvalue weighted by Gasteiger charge is 2.18. The summed E-state index contributed by atoms with van der Waals surface area (Å²) in [4.78, 5) is 12.7. The number of hydrogen-bond donors (Lipinski definition) is 3. The Morgan fingerprint density at radius 2 is 1.61 bits per heavy atom. The number of benzene rings is 2. The van der Waals surface area contributed by atoms with E-state index in [1.165, 1.54) is 48.5 Å². The third-order valence-corrected chi connectivity index (χ3v) is 7.68. The number of hydrogen-bond acceptors (Lipinski definition) is 5. The van der Waals surface area contributed by atoms with Gasteiger partial charge in [0.15, 0.2) is 0 Å². The Bertz CT molecular complexity index is 1100. The van der Waals surface area contributed by atoms with Crippen LogP contribution in [0.1, 0.15) is 50.4 Å². The molecular formula is C21H29N3O5S2. The number of rotatable bonds is 11. The molecule has 0 aliphatic heterocycles. The van der Waals surface area contributed by atoms with E-state index >= 15 is 0 Å². The van der Waals surface area contributed by atoms with Crippen molar-refractivity contribution in [3.05, 3.63) is 54.1 Å². The third-order valence-electron chi connectivity index (χ3n) is 4.62. The fraction of sp³-hybridized carbons (Fsp3) is 0.381. The molecular weight excluding hydrogens is 438 g/mol. The first kappa shape index (κ1) is 25.0. The standard InChI is InChI=1S/C21H29N3O5S2/c1-4-6-14-22-30(26,27)20-9-7-8-17(15-20)21(25)23-18-10-12-19(13-11-18)31(28,29)24-16(3)5-2/h7-13,15-16,22,24H,4-6,14H2,1-3H3,(H,23,25). The van der Waals surface area contributed by atoms with E-state index in [-0.39, 0.29) is 21.4 Å². The summed E-state index contributed by atoms with van der Waals surface area (Å²) in [7, 11) is -7.34. The van der Waals surface area contributed by atoms with Crippen molar-refractivity contribution in [1.82, 2.24) is 9.44 Å². The third kappa shape index (κ3) is 7.13. The van der Waals surface area contributed by atoms with Gasteiger partial charge in [-0.1, -0.05) is 26.3 Å². The predicted molar refractivity (Wildman–Crippen MR) is 121 cm³/mol. The second-order valence-electron chi connectivity index (χ2n) is 7.19. The Labute approximate surface area is 184 Å². The van der Waals surface area contributed by atoms with Gasteiger partial charge in [0.05, 0.1) is 9.79 Å². The lowest BCUT2D eigenvalue weighted by Crippen LogP contribution is -2.31. The van der Waals surface area contributed by atoms with Gasteiger partial charge in [-0.25, -0.2) is 26.3 Å². The lowest BCUT2D eigenvalue weighted by molar-refractivity contribution is 0.102. The van der Waals surface area contributed by atoms with Crippen molar-refractivity contribution in [2.75, 3.05) is 11.9 Å². The predicted octanol–water partition coefficient (Wildman–Crippen LogP) is 3.09. The molecule has 1 amide bonds. The highest BCUT2D eigenvalue weighted by molar-refractivity contribution is 7.89. The summed E-state index contributed by atoms with van der Waals surface area (Å²) in [5.74, 6) is -0.501. The molecule has 2 aromatic carbocycles. The van der Waals surface area contributed by atoms with Gasteiger partial charge in [0.2, 0.25) is 20.0 Å². The van der Waals surface area contributed by atoms with Gasteiger partial charge in [-0.3, -0.25) is 4.79 Å². The van der Waals surface area contributed by atoms with E-state index in [1.807, 2.05) is 13.8 Å². The van der Waals surface area contributed by atoms with Gasteiger partial charge in [0.1, 0.15) is 0 Å². The summed E-state index contributed by atoms with van der Waals surface area (Å²) in [5.41, 5.74) is 0.565. The highest BCUT2D eigenvalue weighted by atomic mass is 32.2. The van der Waals surface area contributed by atoms with E-state index in [0.717, 1.165) is 12.8 Å². The van der Waals surface area contributed by atoms with E-state index in [1.54, 1.807) is 6.92 Å². The largest absolute Gasteiger partial charge is 0.322 e. The van der Waals surface area contributed by atoms with Crippen LogP contribution in [0.15, 0.2) is 58.3 Å². The Hall–Kier alpha value is -2.27. The Balaban J connectivity index is 2.12. The van der Waals surface area contributed by atoms with Gasteiger partial charge in [-0.05, 0) is 62.2 Å². The molecule has 2 rings (SSSR count). The average molecular weight is 468 g/mol. The van der Waals surface area contributed by atoms with Crippen LogP contribution in [0.4, 0.5) is 5.69 Å².